The monoisotopic (exact) mass is 284 g/mol. The maximum Gasteiger partial charge on any atom is 0.255 e. The maximum atomic E-state index is 12.2. The Morgan fingerprint density at radius 2 is 2.14 bits per heavy atom. The first-order chi connectivity index (χ1) is 10.2. The number of ether oxygens (including phenoxy) is 1. The molecule has 0 saturated carbocycles. The molecule has 5 heteroatoms. The van der Waals surface area contributed by atoms with Crippen molar-refractivity contribution in [1.82, 2.24) is 0 Å². The third kappa shape index (κ3) is 2.63. The van der Waals surface area contributed by atoms with Gasteiger partial charge in [-0.3, -0.25) is 4.79 Å². The van der Waals surface area contributed by atoms with Crippen molar-refractivity contribution >= 4 is 17.3 Å². The first-order valence-electron chi connectivity index (χ1n) is 6.72. The first-order valence-corrected chi connectivity index (χ1v) is 6.72. The predicted molar refractivity (Wildman–Crippen MR) is 81.2 cm³/mol. The summed E-state index contributed by atoms with van der Waals surface area (Å²) in [6.45, 7) is 0.909. The quantitative estimate of drug-likeness (QED) is 0.810. The molecule has 21 heavy (non-hydrogen) atoms. The molecule has 1 heterocycles. The Morgan fingerprint density at radius 3 is 2.90 bits per heavy atom. The summed E-state index contributed by atoms with van der Waals surface area (Å²) in [5.41, 5.74) is 3.35. The lowest BCUT2D eigenvalue weighted by Crippen LogP contribution is -2.12. The Bertz CT molecular complexity index is 698. The van der Waals surface area contributed by atoms with E-state index in [1.165, 1.54) is 18.7 Å². The third-order valence-electron chi connectivity index (χ3n) is 3.52. The molecule has 1 aliphatic heterocycles. The lowest BCUT2D eigenvalue weighted by molar-refractivity contribution is 0.102. The molecule has 0 bridgehead atoms. The molecule has 1 amide bonds. The Morgan fingerprint density at radius 1 is 1.29 bits per heavy atom. The van der Waals surface area contributed by atoms with Crippen LogP contribution in [0.4, 0.5) is 11.4 Å². The van der Waals surface area contributed by atoms with E-state index < -0.39 is 0 Å². The van der Waals surface area contributed by atoms with Crippen LogP contribution >= 0.6 is 0 Å². The van der Waals surface area contributed by atoms with Gasteiger partial charge in [-0.05, 0) is 36.2 Å². The highest BCUT2D eigenvalue weighted by molar-refractivity contribution is 6.05. The average Bonchev–Trinajstić information content (AvgIpc) is 2.94. The predicted octanol–water partition coefficient (Wildman–Crippen LogP) is 2.62. The van der Waals surface area contributed by atoms with Crippen molar-refractivity contribution in [2.24, 2.45) is 0 Å². The van der Waals surface area contributed by atoms with E-state index in [2.05, 4.69) is 10.6 Å². The van der Waals surface area contributed by atoms with Gasteiger partial charge in [-0.15, -0.1) is 0 Å². The van der Waals surface area contributed by atoms with Gasteiger partial charge in [0.15, 0.2) is 11.5 Å². The number of aromatic hydroxyl groups is 1. The molecule has 3 rings (SSSR count). The molecule has 0 atom stereocenters. The normalized spacial score (nSPS) is 12.4. The van der Waals surface area contributed by atoms with Crippen LogP contribution in [0.2, 0.25) is 0 Å². The number of phenolic OH excluding ortho intramolecular Hbond substituents is 1. The van der Waals surface area contributed by atoms with Crippen molar-refractivity contribution in [1.29, 1.82) is 0 Å². The zero-order valence-corrected chi connectivity index (χ0v) is 11.6. The number of methoxy groups -OCH3 is 1. The minimum atomic E-state index is -0.212. The van der Waals surface area contributed by atoms with E-state index in [9.17, 15) is 9.90 Å². The summed E-state index contributed by atoms with van der Waals surface area (Å²) >= 11 is 0. The Balaban J connectivity index is 1.78. The first kappa shape index (κ1) is 13.3. The van der Waals surface area contributed by atoms with Crippen LogP contribution < -0.4 is 15.4 Å². The number of nitrogens with one attached hydrogen (secondary N) is 2. The number of amides is 1. The van der Waals surface area contributed by atoms with E-state index in [1.807, 2.05) is 18.2 Å². The van der Waals surface area contributed by atoms with E-state index in [-0.39, 0.29) is 11.7 Å². The standard InChI is InChI=1S/C16H16N2O3/c1-21-15-5-4-12(9-14(15)19)18-16(20)11-3-2-10-6-7-17-13(10)8-11/h2-5,8-9,17,19H,6-7H2,1H3,(H,18,20). The Kier molecular flexibility index (Phi) is 3.39. The van der Waals surface area contributed by atoms with Gasteiger partial charge in [-0.1, -0.05) is 6.07 Å². The Hall–Kier alpha value is -2.69. The number of hydrogen-bond donors (Lipinski definition) is 3. The van der Waals surface area contributed by atoms with Gasteiger partial charge in [0.1, 0.15) is 0 Å². The second kappa shape index (κ2) is 5.36. The summed E-state index contributed by atoms with van der Waals surface area (Å²) in [4.78, 5) is 12.2. The molecule has 0 aliphatic carbocycles. The summed E-state index contributed by atoms with van der Waals surface area (Å²) in [6.07, 6.45) is 0.990. The van der Waals surface area contributed by atoms with Gasteiger partial charge in [-0.25, -0.2) is 0 Å². The van der Waals surface area contributed by atoms with E-state index in [0.717, 1.165) is 18.7 Å². The van der Waals surface area contributed by atoms with Crippen LogP contribution in [0, 0.1) is 0 Å². The molecule has 0 spiro atoms. The van der Waals surface area contributed by atoms with Crippen LogP contribution in [-0.2, 0) is 6.42 Å². The van der Waals surface area contributed by atoms with Crippen LogP contribution in [0.25, 0.3) is 0 Å². The van der Waals surface area contributed by atoms with Gasteiger partial charge in [0.2, 0.25) is 0 Å². The van der Waals surface area contributed by atoms with E-state index in [1.54, 1.807) is 12.1 Å². The minimum Gasteiger partial charge on any atom is -0.504 e. The number of fused-ring (bicyclic) bond motifs is 1. The molecule has 0 fully saturated rings. The van der Waals surface area contributed by atoms with Crippen molar-refractivity contribution in [3.63, 3.8) is 0 Å². The number of carbonyl (C=O) groups excluding carboxylic acids is 1. The second-order valence-corrected chi connectivity index (χ2v) is 4.89. The van der Waals surface area contributed by atoms with Crippen molar-refractivity contribution < 1.29 is 14.6 Å². The fraction of sp³-hybridized carbons (Fsp3) is 0.188. The Labute approximate surface area is 122 Å². The largest absolute Gasteiger partial charge is 0.504 e. The molecule has 2 aromatic rings. The molecule has 1 aliphatic rings. The van der Waals surface area contributed by atoms with Crippen LogP contribution in [0.5, 0.6) is 11.5 Å². The molecule has 0 unspecified atom stereocenters. The van der Waals surface area contributed by atoms with Gasteiger partial charge in [-0.2, -0.15) is 0 Å². The van der Waals surface area contributed by atoms with Crippen molar-refractivity contribution in [2.45, 2.75) is 6.42 Å². The average molecular weight is 284 g/mol. The third-order valence-corrected chi connectivity index (χ3v) is 3.52. The van der Waals surface area contributed by atoms with E-state index in [4.69, 9.17) is 4.74 Å². The molecular weight excluding hydrogens is 268 g/mol. The van der Waals surface area contributed by atoms with Crippen LogP contribution in [-0.4, -0.2) is 24.7 Å². The zero-order chi connectivity index (χ0) is 14.8. The number of anilines is 2. The van der Waals surface area contributed by atoms with Gasteiger partial charge < -0.3 is 20.5 Å². The number of benzene rings is 2. The van der Waals surface area contributed by atoms with Gasteiger partial charge >= 0.3 is 0 Å². The van der Waals surface area contributed by atoms with Crippen LogP contribution in [0.15, 0.2) is 36.4 Å². The van der Waals surface area contributed by atoms with Crippen LogP contribution in [0.3, 0.4) is 0 Å². The molecule has 108 valence electrons. The van der Waals surface area contributed by atoms with Crippen molar-refractivity contribution in [3.8, 4) is 11.5 Å². The smallest absolute Gasteiger partial charge is 0.255 e. The maximum absolute atomic E-state index is 12.2. The van der Waals surface area contributed by atoms with Crippen molar-refractivity contribution in [3.05, 3.63) is 47.5 Å². The highest BCUT2D eigenvalue weighted by Gasteiger charge is 2.14. The summed E-state index contributed by atoms with van der Waals surface area (Å²) in [5.74, 6) is 0.150. The highest BCUT2D eigenvalue weighted by atomic mass is 16.5. The number of carbonyl (C=O) groups is 1. The van der Waals surface area contributed by atoms with Gasteiger partial charge in [0, 0.05) is 29.5 Å². The molecule has 0 saturated heterocycles. The summed E-state index contributed by atoms with van der Waals surface area (Å²) in [6, 6.07) is 10.4. The zero-order valence-electron chi connectivity index (χ0n) is 11.6. The summed E-state index contributed by atoms with van der Waals surface area (Å²) in [5, 5.41) is 15.7. The minimum absolute atomic E-state index is 0.00841. The molecule has 5 nitrogen and oxygen atoms in total. The molecule has 2 aromatic carbocycles. The molecule has 0 radical (unpaired) electrons. The number of phenols is 1. The highest BCUT2D eigenvalue weighted by Crippen LogP contribution is 2.29. The van der Waals surface area contributed by atoms with Gasteiger partial charge in [0.05, 0.1) is 7.11 Å². The second-order valence-electron chi connectivity index (χ2n) is 4.89. The fourth-order valence-corrected chi connectivity index (χ4v) is 2.40. The SMILES string of the molecule is COc1ccc(NC(=O)c2ccc3c(c2)NCC3)cc1O. The fourth-order valence-electron chi connectivity index (χ4n) is 2.40. The molecule has 3 N–H and O–H groups in total. The number of rotatable bonds is 3. The van der Waals surface area contributed by atoms with Gasteiger partial charge in [0.25, 0.3) is 5.91 Å². The number of hydrogen-bond acceptors (Lipinski definition) is 4. The summed E-state index contributed by atoms with van der Waals surface area (Å²) < 4.78 is 4.97. The summed E-state index contributed by atoms with van der Waals surface area (Å²) in [7, 11) is 1.48. The molecular formula is C16H16N2O3. The van der Waals surface area contributed by atoms with Crippen molar-refractivity contribution in [2.75, 3.05) is 24.3 Å². The van der Waals surface area contributed by atoms with E-state index in [0.29, 0.717) is 17.0 Å². The lowest BCUT2D eigenvalue weighted by atomic mass is 10.1. The van der Waals surface area contributed by atoms with E-state index >= 15 is 0 Å². The topological polar surface area (TPSA) is 70.6 Å². The lowest BCUT2D eigenvalue weighted by Gasteiger charge is -2.09. The van der Waals surface area contributed by atoms with Crippen LogP contribution in [0.1, 0.15) is 15.9 Å². The molecule has 0 aromatic heterocycles.